The largest absolute Gasteiger partial charge is 0.334 e. The fraction of sp³-hybridized carbons (Fsp3) is 0.435. The van der Waals surface area contributed by atoms with E-state index in [0.29, 0.717) is 18.4 Å². The zero-order valence-electron chi connectivity index (χ0n) is 15.7. The Hall–Kier alpha value is -2.13. The number of likely N-dealkylation sites (tertiary alicyclic amines) is 1. The maximum atomic E-state index is 13.5. The van der Waals surface area contributed by atoms with Crippen molar-refractivity contribution in [2.45, 2.75) is 32.7 Å². The Morgan fingerprint density at radius 2 is 1.85 bits per heavy atom. The molecule has 1 amide bonds. The van der Waals surface area contributed by atoms with Gasteiger partial charge in [0, 0.05) is 24.7 Å². The van der Waals surface area contributed by atoms with Gasteiger partial charge in [-0.2, -0.15) is 0 Å². The Kier molecular flexibility index (Phi) is 4.58. The van der Waals surface area contributed by atoms with E-state index in [-0.39, 0.29) is 11.9 Å². The molecule has 4 atom stereocenters. The summed E-state index contributed by atoms with van der Waals surface area (Å²) in [4.78, 5) is 15.5. The predicted octanol–water partition coefficient (Wildman–Crippen LogP) is 4.11. The molecule has 1 saturated carbocycles. The normalized spacial score (nSPS) is 27.6. The van der Waals surface area contributed by atoms with Gasteiger partial charge in [-0.1, -0.05) is 55.0 Å². The van der Waals surface area contributed by atoms with Gasteiger partial charge in [-0.05, 0) is 54.7 Å². The van der Waals surface area contributed by atoms with Gasteiger partial charge < -0.3 is 10.6 Å². The molecule has 1 saturated heterocycles. The van der Waals surface area contributed by atoms with E-state index in [9.17, 15) is 4.79 Å². The summed E-state index contributed by atoms with van der Waals surface area (Å²) >= 11 is 0. The van der Waals surface area contributed by atoms with Crippen LogP contribution in [0.1, 0.15) is 35.7 Å². The molecular weight excluding hydrogens is 320 g/mol. The lowest BCUT2D eigenvalue weighted by Gasteiger charge is -2.28. The number of hydrogen-bond acceptors (Lipinski definition) is 2. The first-order valence-electron chi connectivity index (χ1n) is 9.75. The molecule has 0 bridgehead atoms. The zero-order valence-corrected chi connectivity index (χ0v) is 15.7. The smallest absolute Gasteiger partial charge is 0.254 e. The van der Waals surface area contributed by atoms with E-state index in [0.717, 1.165) is 29.2 Å². The maximum Gasteiger partial charge on any atom is 0.254 e. The number of benzene rings is 2. The Morgan fingerprint density at radius 1 is 1.12 bits per heavy atom. The summed E-state index contributed by atoms with van der Waals surface area (Å²) in [5.41, 5.74) is 10.2. The lowest BCUT2D eigenvalue weighted by Crippen LogP contribution is -2.43. The van der Waals surface area contributed by atoms with Crippen LogP contribution in [-0.2, 0) is 0 Å². The van der Waals surface area contributed by atoms with Crippen molar-refractivity contribution in [3.8, 4) is 11.1 Å². The molecule has 1 unspecified atom stereocenters. The first-order valence-corrected chi connectivity index (χ1v) is 9.75. The molecule has 4 rings (SSSR count). The van der Waals surface area contributed by atoms with Crippen LogP contribution >= 0.6 is 0 Å². The molecule has 26 heavy (non-hydrogen) atoms. The summed E-state index contributed by atoms with van der Waals surface area (Å²) < 4.78 is 0. The van der Waals surface area contributed by atoms with E-state index < -0.39 is 0 Å². The van der Waals surface area contributed by atoms with Crippen molar-refractivity contribution < 1.29 is 4.79 Å². The molecule has 1 heterocycles. The van der Waals surface area contributed by atoms with E-state index >= 15 is 0 Å². The van der Waals surface area contributed by atoms with Crippen molar-refractivity contribution >= 4 is 5.91 Å². The molecule has 1 aliphatic carbocycles. The molecule has 2 aromatic carbocycles. The zero-order chi connectivity index (χ0) is 18.3. The maximum absolute atomic E-state index is 13.5. The Labute approximate surface area is 156 Å². The van der Waals surface area contributed by atoms with E-state index in [1.54, 1.807) is 0 Å². The van der Waals surface area contributed by atoms with E-state index in [2.05, 4.69) is 43.0 Å². The number of nitrogens with zero attached hydrogens (tertiary/aromatic N) is 1. The van der Waals surface area contributed by atoms with Crippen LogP contribution in [0.5, 0.6) is 0 Å². The van der Waals surface area contributed by atoms with Crippen LogP contribution in [0.3, 0.4) is 0 Å². The minimum Gasteiger partial charge on any atom is -0.334 e. The highest BCUT2D eigenvalue weighted by atomic mass is 16.2. The third kappa shape index (κ3) is 2.95. The quantitative estimate of drug-likeness (QED) is 0.907. The Morgan fingerprint density at radius 3 is 2.58 bits per heavy atom. The fourth-order valence-corrected chi connectivity index (χ4v) is 5.09. The van der Waals surface area contributed by atoms with Crippen molar-refractivity contribution in [1.29, 1.82) is 0 Å². The molecule has 2 N–H and O–H groups in total. The molecule has 0 radical (unpaired) electrons. The third-order valence-corrected chi connectivity index (χ3v) is 6.33. The van der Waals surface area contributed by atoms with Gasteiger partial charge in [0.25, 0.3) is 5.91 Å². The molecule has 2 fully saturated rings. The molecule has 3 nitrogen and oxygen atoms in total. The minimum atomic E-state index is 0.138. The lowest BCUT2D eigenvalue weighted by atomic mass is 9.93. The average Bonchev–Trinajstić information content (AvgIpc) is 3.17. The highest BCUT2D eigenvalue weighted by molar-refractivity contribution is 6.01. The number of rotatable bonds is 3. The lowest BCUT2D eigenvalue weighted by molar-refractivity contribution is 0.0716. The van der Waals surface area contributed by atoms with Gasteiger partial charge in [0.1, 0.15) is 0 Å². The molecule has 0 spiro atoms. The fourth-order valence-electron chi connectivity index (χ4n) is 5.09. The summed E-state index contributed by atoms with van der Waals surface area (Å²) in [5.74, 6) is 2.09. The summed E-state index contributed by atoms with van der Waals surface area (Å²) in [6, 6.07) is 16.6. The van der Waals surface area contributed by atoms with Gasteiger partial charge in [0.2, 0.25) is 0 Å². The number of carbonyl (C=O) groups excluding carboxylic acids is 1. The van der Waals surface area contributed by atoms with Crippen LogP contribution in [0.25, 0.3) is 11.1 Å². The summed E-state index contributed by atoms with van der Waals surface area (Å²) in [6.07, 6.45) is 2.43. The third-order valence-electron chi connectivity index (χ3n) is 6.33. The topological polar surface area (TPSA) is 46.3 Å². The van der Waals surface area contributed by atoms with Gasteiger partial charge in [0.05, 0.1) is 0 Å². The number of amides is 1. The second kappa shape index (κ2) is 6.88. The van der Waals surface area contributed by atoms with Crippen LogP contribution < -0.4 is 5.73 Å². The summed E-state index contributed by atoms with van der Waals surface area (Å²) in [6.45, 7) is 5.83. The molecular formula is C23H28N2O. The average molecular weight is 348 g/mol. The van der Waals surface area contributed by atoms with E-state index in [1.165, 1.54) is 18.4 Å². The van der Waals surface area contributed by atoms with Crippen LogP contribution in [0, 0.1) is 24.7 Å². The molecule has 0 aromatic heterocycles. The molecule has 1 aliphatic heterocycles. The first-order chi connectivity index (χ1) is 12.6. The second-order valence-corrected chi connectivity index (χ2v) is 8.17. The van der Waals surface area contributed by atoms with Gasteiger partial charge in [-0.15, -0.1) is 0 Å². The Balaban J connectivity index is 1.66. The number of hydrogen-bond donors (Lipinski definition) is 1. The van der Waals surface area contributed by atoms with Gasteiger partial charge in [0.15, 0.2) is 0 Å². The predicted molar refractivity (Wildman–Crippen MR) is 106 cm³/mol. The second-order valence-electron chi connectivity index (χ2n) is 8.17. The minimum absolute atomic E-state index is 0.138. The van der Waals surface area contributed by atoms with Gasteiger partial charge in [-0.3, -0.25) is 4.79 Å². The standard InChI is InChI=1S/C23H28N2O/c1-15-7-9-17(10-8-15)19-5-3-4-6-20(19)23(26)25-14-18-11-16(2)12-21(18)22(25)13-24/h3-10,16,18,21-22H,11-14,24H2,1-2H3/t16?,18-,21-,22+/m0/s1. The van der Waals surface area contributed by atoms with Gasteiger partial charge >= 0.3 is 0 Å². The van der Waals surface area contributed by atoms with Crippen molar-refractivity contribution in [3.63, 3.8) is 0 Å². The molecule has 3 heteroatoms. The Bertz CT molecular complexity index is 798. The van der Waals surface area contributed by atoms with E-state index in [4.69, 9.17) is 5.73 Å². The van der Waals surface area contributed by atoms with Crippen LogP contribution in [0.4, 0.5) is 0 Å². The molecule has 2 aromatic rings. The number of nitrogens with two attached hydrogens (primary N) is 1. The monoisotopic (exact) mass is 348 g/mol. The van der Waals surface area contributed by atoms with Crippen LogP contribution in [0.2, 0.25) is 0 Å². The number of carbonyl (C=O) groups is 1. The SMILES string of the molecule is Cc1ccc(-c2ccccc2C(=O)N2C[C@@H]3CC(C)C[C@@H]3[C@H]2CN)cc1. The van der Waals surface area contributed by atoms with Crippen LogP contribution in [-0.4, -0.2) is 29.9 Å². The number of aryl methyl sites for hydroxylation is 1. The van der Waals surface area contributed by atoms with Crippen molar-refractivity contribution in [3.05, 3.63) is 59.7 Å². The van der Waals surface area contributed by atoms with Crippen molar-refractivity contribution in [2.75, 3.05) is 13.1 Å². The van der Waals surface area contributed by atoms with Crippen LogP contribution in [0.15, 0.2) is 48.5 Å². The first kappa shape index (κ1) is 17.3. The van der Waals surface area contributed by atoms with Crippen molar-refractivity contribution in [1.82, 2.24) is 4.90 Å². The molecule has 136 valence electrons. The summed E-state index contributed by atoms with van der Waals surface area (Å²) in [7, 11) is 0. The van der Waals surface area contributed by atoms with E-state index in [1.807, 2.05) is 24.3 Å². The highest BCUT2D eigenvalue weighted by Crippen LogP contribution is 2.45. The van der Waals surface area contributed by atoms with Crippen molar-refractivity contribution in [2.24, 2.45) is 23.5 Å². The number of fused-ring (bicyclic) bond motifs is 1. The highest BCUT2D eigenvalue weighted by Gasteiger charge is 2.47. The summed E-state index contributed by atoms with van der Waals surface area (Å²) in [5, 5.41) is 0. The van der Waals surface area contributed by atoms with Gasteiger partial charge in [-0.25, -0.2) is 0 Å². The molecule has 2 aliphatic rings.